The lowest BCUT2D eigenvalue weighted by atomic mass is 10.2. The fraction of sp³-hybridized carbons (Fsp3) is 0. The van der Waals surface area contributed by atoms with Crippen LogP contribution in [-0.4, -0.2) is 10.9 Å². The smallest absolute Gasteiger partial charge is 0.257 e. The minimum absolute atomic E-state index is 0.291. The quantitative estimate of drug-likeness (QED) is 0.793. The highest BCUT2D eigenvalue weighted by atomic mass is 32.1. The number of rotatable bonds is 2. The number of aromatic nitrogens is 1. The Kier molecular flexibility index (Phi) is 2.73. The third-order valence-electron chi connectivity index (χ3n) is 1.77. The zero-order valence-electron chi connectivity index (χ0n) is 7.61. The van der Waals surface area contributed by atoms with Crippen molar-refractivity contribution in [2.24, 2.45) is 0 Å². The van der Waals surface area contributed by atoms with Crippen LogP contribution in [0, 0.1) is 5.95 Å². The fourth-order valence-corrected chi connectivity index (χ4v) is 1.64. The molecule has 0 aliphatic heterocycles. The van der Waals surface area contributed by atoms with E-state index in [1.165, 1.54) is 23.6 Å². The largest absolute Gasteiger partial charge is 0.321 e. The number of hydrogen-bond donors (Lipinski definition) is 1. The van der Waals surface area contributed by atoms with Crippen LogP contribution in [0.25, 0.3) is 0 Å². The summed E-state index contributed by atoms with van der Waals surface area (Å²) >= 11 is 1.49. The van der Waals surface area contributed by atoms with E-state index >= 15 is 0 Å². The molecule has 76 valence electrons. The van der Waals surface area contributed by atoms with E-state index in [2.05, 4.69) is 10.3 Å². The minimum atomic E-state index is -0.595. The van der Waals surface area contributed by atoms with Gasteiger partial charge in [-0.3, -0.25) is 4.79 Å². The number of amides is 1. The molecule has 2 rings (SSSR count). The molecule has 0 aliphatic rings. The van der Waals surface area contributed by atoms with Crippen LogP contribution >= 0.6 is 11.3 Å². The molecule has 2 aromatic rings. The number of thiophene rings is 1. The molecule has 0 radical (unpaired) electrons. The lowest BCUT2D eigenvalue weighted by Crippen LogP contribution is -2.11. The molecule has 15 heavy (non-hydrogen) atoms. The van der Waals surface area contributed by atoms with Crippen LogP contribution < -0.4 is 5.32 Å². The zero-order chi connectivity index (χ0) is 10.7. The van der Waals surface area contributed by atoms with Crippen molar-refractivity contribution in [3.05, 3.63) is 46.7 Å². The van der Waals surface area contributed by atoms with E-state index in [0.717, 1.165) is 11.8 Å². The molecule has 0 unspecified atom stereocenters. The Morgan fingerprint density at radius 2 is 2.27 bits per heavy atom. The van der Waals surface area contributed by atoms with Crippen molar-refractivity contribution < 1.29 is 9.18 Å². The van der Waals surface area contributed by atoms with Crippen molar-refractivity contribution in [3.8, 4) is 0 Å². The number of carbonyl (C=O) groups is 1. The summed E-state index contributed by atoms with van der Waals surface area (Å²) in [6.45, 7) is 0. The molecule has 0 atom stereocenters. The molecule has 0 saturated heterocycles. The van der Waals surface area contributed by atoms with Gasteiger partial charge in [0.2, 0.25) is 5.95 Å². The molecule has 0 aliphatic carbocycles. The molecular formula is C10H7FN2OS. The summed E-state index contributed by atoms with van der Waals surface area (Å²) in [5, 5.41) is 6.34. The first-order chi connectivity index (χ1) is 7.25. The van der Waals surface area contributed by atoms with Gasteiger partial charge >= 0.3 is 0 Å². The Bertz CT molecular complexity index is 453. The number of nitrogens with zero attached hydrogens (tertiary/aromatic N) is 1. The second-order valence-electron chi connectivity index (χ2n) is 2.84. The molecule has 1 amide bonds. The second kappa shape index (κ2) is 4.18. The number of carbonyl (C=O) groups excluding carboxylic acids is 1. The summed E-state index contributed by atoms with van der Waals surface area (Å²) in [5.41, 5.74) is 1.07. The van der Waals surface area contributed by atoms with Gasteiger partial charge in [0.25, 0.3) is 5.91 Å². The molecule has 3 nitrogen and oxygen atoms in total. The molecule has 5 heteroatoms. The summed E-state index contributed by atoms with van der Waals surface area (Å²) in [6, 6.07) is 4.34. The molecule has 0 bridgehead atoms. The van der Waals surface area contributed by atoms with Gasteiger partial charge in [-0.1, -0.05) is 0 Å². The van der Waals surface area contributed by atoms with E-state index in [9.17, 15) is 9.18 Å². The van der Waals surface area contributed by atoms with Crippen molar-refractivity contribution in [1.29, 1.82) is 0 Å². The highest BCUT2D eigenvalue weighted by molar-refractivity contribution is 7.08. The van der Waals surface area contributed by atoms with Crippen LogP contribution in [-0.2, 0) is 0 Å². The van der Waals surface area contributed by atoms with E-state index in [-0.39, 0.29) is 5.91 Å². The molecule has 0 fully saturated rings. The average Bonchev–Trinajstić information content (AvgIpc) is 2.71. The van der Waals surface area contributed by atoms with E-state index in [1.54, 1.807) is 6.07 Å². The maximum absolute atomic E-state index is 12.5. The van der Waals surface area contributed by atoms with Crippen LogP contribution in [0.4, 0.5) is 10.1 Å². The Hall–Kier alpha value is -1.75. The maximum Gasteiger partial charge on any atom is 0.257 e. The predicted octanol–water partition coefficient (Wildman–Crippen LogP) is 2.53. The normalized spacial score (nSPS) is 9.93. The summed E-state index contributed by atoms with van der Waals surface area (Å²) in [6.07, 6.45) is 1.21. The Labute approximate surface area is 89.6 Å². The number of pyridine rings is 1. The van der Waals surface area contributed by atoms with Crippen LogP contribution in [0.5, 0.6) is 0 Å². The second-order valence-corrected chi connectivity index (χ2v) is 3.62. The Balaban J connectivity index is 2.11. The van der Waals surface area contributed by atoms with E-state index < -0.39 is 5.95 Å². The van der Waals surface area contributed by atoms with Crippen molar-refractivity contribution in [1.82, 2.24) is 4.98 Å². The minimum Gasteiger partial charge on any atom is -0.321 e. The van der Waals surface area contributed by atoms with Gasteiger partial charge < -0.3 is 5.32 Å². The predicted molar refractivity (Wildman–Crippen MR) is 56.5 cm³/mol. The lowest BCUT2D eigenvalue weighted by molar-refractivity contribution is 0.102. The van der Waals surface area contributed by atoms with Crippen molar-refractivity contribution in [2.75, 3.05) is 5.32 Å². The fourth-order valence-electron chi connectivity index (χ4n) is 1.05. The zero-order valence-corrected chi connectivity index (χ0v) is 8.42. The molecule has 2 heterocycles. The summed E-state index contributed by atoms with van der Waals surface area (Å²) in [7, 11) is 0. The number of halogens is 1. The van der Waals surface area contributed by atoms with Crippen LogP contribution in [0.2, 0.25) is 0 Å². The number of anilines is 1. The molecule has 0 aromatic carbocycles. The van der Waals surface area contributed by atoms with Crippen molar-refractivity contribution >= 4 is 22.9 Å². The summed E-state index contributed by atoms with van der Waals surface area (Å²) < 4.78 is 12.5. The molecule has 0 spiro atoms. The van der Waals surface area contributed by atoms with Gasteiger partial charge in [-0.25, -0.2) is 4.98 Å². The van der Waals surface area contributed by atoms with Gasteiger partial charge in [0.05, 0.1) is 11.3 Å². The molecule has 0 saturated carbocycles. The van der Waals surface area contributed by atoms with Crippen LogP contribution in [0.3, 0.4) is 0 Å². The maximum atomic E-state index is 12.5. The van der Waals surface area contributed by atoms with Crippen molar-refractivity contribution in [2.45, 2.75) is 0 Å². The number of nitrogens with one attached hydrogen (secondary N) is 1. The molecule has 1 N–H and O–H groups in total. The first-order valence-electron chi connectivity index (χ1n) is 4.21. The first kappa shape index (κ1) is 9.79. The van der Waals surface area contributed by atoms with Gasteiger partial charge in [-0.2, -0.15) is 15.7 Å². The monoisotopic (exact) mass is 222 g/mol. The van der Waals surface area contributed by atoms with E-state index in [4.69, 9.17) is 0 Å². The standard InChI is InChI=1S/C10H7FN2OS/c11-9-2-1-7(5-12-9)10(14)13-8-3-4-15-6-8/h1-6H,(H,13,14). The van der Waals surface area contributed by atoms with Gasteiger partial charge in [0, 0.05) is 11.6 Å². The van der Waals surface area contributed by atoms with Gasteiger partial charge in [0.15, 0.2) is 0 Å². The van der Waals surface area contributed by atoms with Crippen LogP contribution in [0.15, 0.2) is 35.2 Å². The highest BCUT2D eigenvalue weighted by Crippen LogP contribution is 2.13. The van der Waals surface area contributed by atoms with Crippen LogP contribution in [0.1, 0.15) is 10.4 Å². The third kappa shape index (κ3) is 2.38. The summed E-state index contributed by atoms with van der Waals surface area (Å²) in [5.74, 6) is -0.886. The molecule has 2 aromatic heterocycles. The first-order valence-corrected chi connectivity index (χ1v) is 5.15. The van der Waals surface area contributed by atoms with E-state index in [1.807, 2.05) is 10.8 Å². The van der Waals surface area contributed by atoms with E-state index in [0.29, 0.717) is 5.56 Å². The lowest BCUT2D eigenvalue weighted by Gasteiger charge is -2.01. The molecular weight excluding hydrogens is 215 g/mol. The summed E-state index contributed by atoms with van der Waals surface area (Å²) in [4.78, 5) is 15.0. The van der Waals surface area contributed by atoms with Crippen molar-refractivity contribution in [3.63, 3.8) is 0 Å². The SMILES string of the molecule is O=C(Nc1ccsc1)c1ccc(F)nc1. The third-order valence-corrected chi connectivity index (χ3v) is 2.45. The average molecular weight is 222 g/mol. The number of hydrogen-bond acceptors (Lipinski definition) is 3. The Morgan fingerprint density at radius 3 is 2.87 bits per heavy atom. The topological polar surface area (TPSA) is 42.0 Å². The Morgan fingerprint density at radius 1 is 1.40 bits per heavy atom. The highest BCUT2D eigenvalue weighted by Gasteiger charge is 2.06. The van der Waals surface area contributed by atoms with Gasteiger partial charge in [-0.05, 0) is 23.6 Å². The van der Waals surface area contributed by atoms with Gasteiger partial charge in [0.1, 0.15) is 0 Å². The van der Waals surface area contributed by atoms with Gasteiger partial charge in [-0.15, -0.1) is 0 Å².